The Morgan fingerprint density at radius 3 is 2.46 bits per heavy atom. The average molecular weight is 366 g/mol. The van der Waals surface area contributed by atoms with Crippen LogP contribution in [-0.2, 0) is 20.9 Å². The van der Waals surface area contributed by atoms with Crippen LogP contribution in [0.5, 0.6) is 11.5 Å². The highest BCUT2D eigenvalue weighted by molar-refractivity contribution is 5.88. The van der Waals surface area contributed by atoms with E-state index in [-0.39, 0.29) is 46.1 Å². The number of benzene rings is 1. The number of fused-ring (bicyclic) bond motifs is 1. The first-order valence-electron chi connectivity index (χ1n) is 7.98. The summed E-state index contributed by atoms with van der Waals surface area (Å²) in [5.41, 5.74) is 11.3. The summed E-state index contributed by atoms with van der Waals surface area (Å²) in [6.07, 6.45) is 0. The lowest BCUT2D eigenvalue weighted by atomic mass is 10.2. The third kappa shape index (κ3) is 5.07. The molecule has 0 saturated heterocycles. The van der Waals surface area contributed by atoms with Gasteiger partial charge in [-0.3, -0.25) is 14.4 Å². The van der Waals surface area contributed by atoms with Crippen LogP contribution in [0.2, 0.25) is 0 Å². The van der Waals surface area contributed by atoms with Gasteiger partial charge in [0, 0.05) is 13.1 Å². The van der Waals surface area contributed by atoms with E-state index in [0.29, 0.717) is 17.1 Å². The lowest BCUT2D eigenvalue weighted by Crippen LogP contribution is -2.47. The molecule has 10 heteroatoms. The van der Waals surface area contributed by atoms with E-state index in [2.05, 4.69) is 0 Å². The Morgan fingerprint density at radius 1 is 1.08 bits per heavy atom. The molecule has 5 N–H and O–H groups in total. The molecule has 1 aromatic rings. The summed E-state index contributed by atoms with van der Waals surface area (Å²) in [5, 5.41) is 9.04. The molecule has 2 rings (SSSR count). The Labute approximate surface area is 150 Å². The van der Waals surface area contributed by atoms with Crippen LogP contribution in [0.25, 0.3) is 0 Å². The van der Waals surface area contributed by atoms with E-state index in [1.165, 1.54) is 4.90 Å². The Balaban J connectivity index is 2.11. The maximum atomic E-state index is 12.6. The first kappa shape index (κ1) is 19.5. The predicted molar refractivity (Wildman–Crippen MR) is 89.9 cm³/mol. The Hall–Kier alpha value is -2.85. The molecule has 0 atom stereocenters. The molecule has 10 nitrogen and oxygen atoms in total. The Bertz CT molecular complexity index is 681. The van der Waals surface area contributed by atoms with Gasteiger partial charge in [0.15, 0.2) is 11.5 Å². The molecule has 0 spiro atoms. The van der Waals surface area contributed by atoms with Gasteiger partial charge in [0.1, 0.15) is 0 Å². The van der Waals surface area contributed by atoms with Crippen LogP contribution in [0.4, 0.5) is 0 Å². The molecule has 1 heterocycles. The molecule has 3 amide bonds. The number of hydrogen-bond acceptors (Lipinski definition) is 7. The van der Waals surface area contributed by atoms with Gasteiger partial charge in [-0.15, -0.1) is 0 Å². The molecule has 0 fully saturated rings. The summed E-state index contributed by atoms with van der Waals surface area (Å²) in [6.45, 7) is -1.02. The van der Waals surface area contributed by atoms with Crippen molar-refractivity contribution >= 4 is 17.7 Å². The zero-order valence-electron chi connectivity index (χ0n) is 14.2. The minimum atomic E-state index is -0.682. The summed E-state index contributed by atoms with van der Waals surface area (Å²) in [7, 11) is 0. The number of carbonyl (C=O) groups is 3. The van der Waals surface area contributed by atoms with Crippen molar-refractivity contribution in [3.8, 4) is 11.5 Å². The Kier molecular flexibility index (Phi) is 6.75. The molecule has 0 radical (unpaired) electrons. The Morgan fingerprint density at radius 2 is 1.81 bits per heavy atom. The fourth-order valence-electron chi connectivity index (χ4n) is 2.49. The number of rotatable bonds is 9. The van der Waals surface area contributed by atoms with E-state index in [4.69, 9.17) is 26.0 Å². The minimum Gasteiger partial charge on any atom is -0.454 e. The fourth-order valence-corrected chi connectivity index (χ4v) is 2.49. The number of aliphatic hydroxyl groups is 1. The quantitative estimate of drug-likeness (QED) is 0.458. The molecule has 142 valence electrons. The highest BCUT2D eigenvalue weighted by atomic mass is 16.7. The molecule has 26 heavy (non-hydrogen) atoms. The van der Waals surface area contributed by atoms with Crippen molar-refractivity contribution in [2.45, 2.75) is 6.54 Å². The summed E-state index contributed by atoms with van der Waals surface area (Å²) >= 11 is 0. The summed E-state index contributed by atoms with van der Waals surface area (Å²) in [4.78, 5) is 38.0. The maximum Gasteiger partial charge on any atom is 0.242 e. The van der Waals surface area contributed by atoms with Crippen LogP contribution in [-0.4, -0.2) is 72.2 Å². The SMILES string of the molecule is NCC(=O)N(CCO)CC(=O)N(CC(N)=O)Cc1ccc2c(c1)OCO2. The highest BCUT2D eigenvalue weighted by Crippen LogP contribution is 2.32. The van der Waals surface area contributed by atoms with Crippen molar-refractivity contribution in [2.75, 3.05) is 39.6 Å². The molecule has 0 unspecified atom stereocenters. The molecule has 0 saturated carbocycles. The van der Waals surface area contributed by atoms with Gasteiger partial charge in [-0.2, -0.15) is 0 Å². The number of hydrogen-bond donors (Lipinski definition) is 3. The van der Waals surface area contributed by atoms with Crippen molar-refractivity contribution in [1.29, 1.82) is 0 Å². The third-order valence-electron chi connectivity index (χ3n) is 3.73. The van der Waals surface area contributed by atoms with E-state index >= 15 is 0 Å². The monoisotopic (exact) mass is 366 g/mol. The number of aliphatic hydroxyl groups excluding tert-OH is 1. The second-order valence-electron chi connectivity index (χ2n) is 5.65. The van der Waals surface area contributed by atoms with Crippen LogP contribution in [0.3, 0.4) is 0 Å². The van der Waals surface area contributed by atoms with Crippen molar-refractivity contribution in [1.82, 2.24) is 9.80 Å². The summed E-state index contributed by atoms with van der Waals surface area (Å²) in [6, 6.07) is 5.16. The van der Waals surface area contributed by atoms with Gasteiger partial charge in [-0.1, -0.05) is 6.07 Å². The average Bonchev–Trinajstić information content (AvgIpc) is 3.07. The molecule has 1 aliphatic heterocycles. The first-order valence-corrected chi connectivity index (χ1v) is 7.98. The number of amides is 3. The smallest absolute Gasteiger partial charge is 0.242 e. The zero-order valence-corrected chi connectivity index (χ0v) is 14.2. The van der Waals surface area contributed by atoms with Gasteiger partial charge in [-0.25, -0.2) is 0 Å². The lowest BCUT2D eigenvalue weighted by Gasteiger charge is -2.26. The molecule has 1 aliphatic rings. The fraction of sp³-hybridized carbons (Fsp3) is 0.438. The van der Waals surface area contributed by atoms with Crippen LogP contribution in [0.15, 0.2) is 18.2 Å². The molecule has 1 aromatic carbocycles. The van der Waals surface area contributed by atoms with Crippen molar-refractivity contribution < 1.29 is 29.0 Å². The minimum absolute atomic E-state index is 0.0315. The van der Waals surface area contributed by atoms with E-state index in [1.54, 1.807) is 18.2 Å². The standard InChI is InChI=1S/C16H22N4O6/c17-6-15(23)19(3-4-21)9-16(24)20(8-14(18)22)7-11-1-2-12-13(5-11)26-10-25-12/h1-2,5,21H,3-4,6-10,17H2,(H2,18,22). The van der Waals surface area contributed by atoms with Gasteiger partial charge >= 0.3 is 0 Å². The first-order chi connectivity index (χ1) is 12.4. The van der Waals surface area contributed by atoms with Crippen LogP contribution in [0.1, 0.15) is 5.56 Å². The number of nitrogens with two attached hydrogens (primary N) is 2. The van der Waals surface area contributed by atoms with E-state index in [0.717, 1.165) is 4.90 Å². The number of carbonyl (C=O) groups excluding carboxylic acids is 3. The van der Waals surface area contributed by atoms with Crippen molar-refractivity contribution in [3.05, 3.63) is 23.8 Å². The molecule has 0 bridgehead atoms. The van der Waals surface area contributed by atoms with Crippen LogP contribution < -0.4 is 20.9 Å². The largest absolute Gasteiger partial charge is 0.454 e. The number of primary amides is 1. The number of ether oxygens (including phenoxy) is 2. The van der Waals surface area contributed by atoms with Gasteiger partial charge in [-0.05, 0) is 17.7 Å². The predicted octanol–water partition coefficient (Wildman–Crippen LogP) is -1.99. The van der Waals surface area contributed by atoms with E-state index in [9.17, 15) is 14.4 Å². The van der Waals surface area contributed by atoms with E-state index in [1.807, 2.05) is 0 Å². The lowest BCUT2D eigenvalue weighted by molar-refractivity contribution is -0.142. The van der Waals surface area contributed by atoms with Crippen LogP contribution in [0, 0.1) is 0 Å². The second kappa shape index (κ2) is 9.02. The van der Waals surface area contributed by atoms with Crippen molar-refractivity contribution in [3.63, 3.8) is 0 Å². The molecular formula is C16H22N4O6. The van der Waals surface area contributed by atoms with Crippen LogP contribution >= 0.6 is 0 Å². The molecule has 0 aromatic heterocycles. The summed E-state index contributed by atoms with van der Waals surface area (Å²) in [5.74, 6) is -0.498. The topological polar surface area (TPSA) is 148 Å². The van der Waals surface area contributed by atoms with Crippen molar-refractivity contribution in [2.24, 2.45) is 11.5 Å². The molecular weight excluding hydrogens is 344 g/mol. The number of nitrogens with zero attached hydrogens (tertiary/aromatic N) is 2. The zero-order chi connectivity index (χ0) is 19.1. The summed E-state index contributed by atoms with van der Waals surface area (Å²) < 4.78 is 10.5. The molecule has 0 aliphatic carbocycles. The second-order valence-corrected chi connectivity index (χ2v) is 5.65. The normalized spacial score (nSPS) is 11.9. The van der Waals surface area contributed by atoms with Gasteiger partial charge in [0.05, 0.1) is 26.2 Å². The third-order valence-corrected chi connectivity index (χ3v) is 3.73. The van der Waals surface area contributed by atoms with Gasteiger partial charge in [0.2, 0.25) is 24.5 Å². The van der Waals surface area contributed by atoms with Gasteiger partial charge in [0.25, 0.3) is 0 Å². The van der Waals surface area contributed by atoms with Gasteiger partial charge < -0.3 is 35.8 Å². The highest BCUT2D eigenvalue weighted by Gasteiger charge is 2.22. The van der Waals surface area contributed by atoms with E-state index < -0.39 is 17.7 Å². The maximum absolute atomic E-state index is 12.6.